The second-order valence-corrected chi connectivity index (χ2v) is 14.3. The van der Waals surface area contributed by atoms with E-state index in [1.54, 1.807) is 0 Å². The van der Waals surface area contributed by atoms with Gasteiger partial charge in [-0.05, 0) is 115 Å². The molecule has 0 aromatic rings. The molecule has 4 saturated carbocycles. The SMILES string of the molecule is C=C(C)[C@@H]1CC[C@]2(C)CC[C@]3(C)C(=CC[C@@H]4[C@@]5(C)CC[C@H](O)C(C)(C)[C@@H]5CC[C@]43C)[C@@H]12. The smallest absolute Gasteiger partial charge is 0.0594 e. The third-order valence-electron chi connectivity index (χ3n) is 12.8. The average molecular weight is 425 g/mol. The summed E-state index contributed by atoms with van der Waals surface area (Å²) >= 11 is 0. The molecule has 0 aromatic carbocycles. The van der Waals surface area contributed by atoms with Crippen LogP contribution in [0.15, 0.2) is 23.8 Å². The molecule has 0 amide bonds. The summed E-state index contributed by atoms with van der Waals surface area (Å²) in [7, 11) is 0. The lowest BCUT2D eigenvalue weighted by Gasteiger charge is -2.70. The van der Waals surface area contributed by atoms with E-state index in [9.17, 15) is 5.11 Å². The minimum Gasteiger partial charge on any atom is -0.393 e. The van der Waals surface area contributed by atoms with Crippen LogP contribution in [0.2, 0.25) is 0 Å². The molecule has 1 nitrogen and oxygen atoms in total. The molecule has 1 heteroatoms. The highest BCUT2D eigenvalue weighted by molar-refractivity contribution is 5.35. The molecule has 0 aliphatic heterocycles. The van der Waals surface area contributed by atoms with Crippen molar-refractivity contribution in [3.63, 3.8) is 0 Å². The van der Waals surface area contributed by atoms with Crippen LogP contribution in [0, 0.1) is 50.7 Å². The summed E-state index contributed by atoms with van der Waals surface area (Å²) in [5.41, 5.74) is 4.84. The molecule has 4 fully saturated rings. The van der Waals surface area contributed by atoms with Gasteiger partial charge in [-0.1, -0.05) is 65.3 Å². The van der Waals surface area contributed by atoms with Crippen molar-refractivity contribution in [1.29, 1.82) is 0 Å². The fraction of sp³-hybridized carbons (Fsp3) is 0.867. The Morgan fingerprint density at radius 3 is 2.29 bits per heavy atom. The standard InChI is InChI=1S/C30H48O/c1-19(2)20-11-14-27(5)17-18-29(7)21(25(20)27)9-10-23-28(6)15-13-24(31)26(3,4)22(28)12-16-30(23,29)8/h9,20,22-25,31H,1,10-18H2,2-8H3/t20-,22-,23+,24-,25+,27+,28-,29+,30+/m0/s1. The minimum atomic E-state index is -0.134. The Balaban J connectivity index is 1.60. The summed E-state index contributed by atoms with van der Waals surface area (Å²) in [6, 6.07) is 0. The average Bonchev–Trinajstić information content (AvgIpc) is 3.04. The van der Waals surface area contributed by atoms with E-state index in [0.717, 1.165) is 18.3 Å². The first-order chi connectivity index (χ1) is 14.3. The lowest BCUT2D eigenvalue weighted by Crippen LogP contribution is -2.64. The van der Waals surface area contributed by atoms with Gasteiger partial charge < -0.3 is 5.11 Å². The van der Waals surface area contributed by atoms with Crippen molar-refractivity contribution in [2.24, 2.45) is 50.7 Å². The van der Waals surface area contributed by atoms with Gasteiger partial charge in [0.15, 0.2) is 0 Å². The molecule has 9 atom stereocenters. The van der Waals surface area contributed by atoms with Crippen LogP contribution >= 0.6 is 0 Å². The summed E-state index contributed by atoms with van der Waals surface area (Å²) in [6.45, 7) is 22.0. The van der Waals surface area contributed by atoms with E-state index >= 15 is 0 Å². The predicted molar refractivity (Wildman–Crippen MR) is 131 cm³/mol. The molecule has 0 heterocycles. The quantitative estimate of drug-likeness (QED) is 0.423. The van der Waals surface area contributed by atoms with E-state index in [1.807, 2.05) is 5.57 Å². The Bertz CT molecular complexity index is 820. The first kappa shape index (κ1) is 22.2. The number of rotatable bonds is 1. The maximum atomic E-state index is 10.9. The first-order valence-corrected chi connectivity index (χ1v) is 13.4. The van der Waals surface area contributed by atoms with Gasteiger partial charge in [-0.2, -0.15) is 0 Å². The highest BCUT2D eigenvalue weighted by atomic mass is 16.3. The number of fused-ring (bicyclic) bond motifs is 7. The van der Waals surface area contributed by atoms with Crippen molar-refractivity contribution in [2.45, 2.75) is 112 Å². The minimum absolute atomic E-state index is 0.0425. The van der Waals surface area contributed by atoms with E-state index in [2.05, 4.69) is 61.1 Å². The van der Waals surface area contributed by atoms with Gasteiger partial charge in [0.1, 0.15) is 0 Å². The highest BCUT2D eigenvalue weighted by Gasteiger charge is 2.68. The van der Waals surface area contributed by atoms with Crippen LogP contribution < -0.4 is 0 Å². The molecule has 0 aromatic heterocycles. The molecule has 5 aliphatic carbocycles. The van der Waals surface area contributed by atoms with E-state index in [0.29, 0.717) is 33.5 Å². The zero-order valence-corrected chi connectivity index (χ0v) is 21.5. The Kier molecular flexibility index (Phi) is 4.68. The van der Waals surface area contributed by atoms with E-state index in [-0.39, 0.29) is 11.5 Å². The molecule has 0 bridgehead atoms. The van der Waals surface area contributed by atoms with Gasteiger partial charge in [-0.3, -0.25) is 0 Å². The van der Waals surface area contributed by atoms with Gasteiger partial charge in [-0.25, -0.2) is 0 Å². The second kappa shape index (κ2) is 6.52. The van der Waals surface area contributed by atoms with Gasteiger partial charge in [0.2, 0.25) is 0 Å². The fourth-order valence-electron chi connectivity index (χ4n) is 10.7. The number of hydrogen-bond acceptors (Lipinski definition) is 1. The third-order valence-corrected chi connectivity index (χ3v) is 12.8. The molecule has 31 heavy (non-hydrogen) atoms. The third kappa shape index (κ3) is 2.59. The lowest BCUT2D eigenvalue weighted by molar-refractivity contribution is -0.200. The van der Waals surface area contributed by atoms with Gasteiger partial charge in [0.05, 0.1) is 6.10 Å². The van der Waals surface area contributed by atoms with E-state index < -0.39 is 0 Å². The van der Waals surface area contributed by atoms with Gasteiger partial charge in [-0.15, -0.1) is 0 Å². The molecule has 0 spiro atoms. The van der Waals surface area contributed by atoms with Crippen LogP contribution in [0.1, 0.15) is 106 Å². The van der Waals surface area contributed by atoms with Crippen molar-refractivity contribution in [3.8, 4) is 0 Å². The molecule has 0 saturated heterocycles. The molecule has 5 aliphatic rings. The van der Waals surface area contributed by atoms with E-state index in [4.69, 9.17) is 0 Å². The summed E-state index contributed by atoms with van der Waals surface area (Å²) in [5, 5.41) is 10.9. The lowest BCUT2D eigenvalue weighted by atomic mass is 9.34. The van der Waals surface area contributed by atoms with Crippen LogP contribution in [-0.4, -0.2) is 11.2 Å². The zero-order chi connectivity index (χ0) is 22.6. The van der Waals surface area contributed by atoms with Crippen LogP contribution in [0.3, 0.4) is 0 Å². The molecule has 174 valence electrons. The number of hydrogen-bond donors (Lipinski definition) is 1. The Morgan fingerprint density at radius 1 is 0.903 bits per heavy atom. The van der Waals surface area contributed by atoms with Crippen LogP contribution in [0.4, 0.5) is 0 Å². The van der Waals surface area contributed by atoms with Gasteiger partial charge >= 0.3 is 0 Å². The van der Waals surface area contributed by atoms with Crippen LogP contribution in [0.5, 0.6) is 0 Å². The van der Waals surface area contributed by atoms with Gasteiger partial charge in [0.25, 0.3) is 0 Å². The van der Waals surface area contributed by atoms with Crippen LogP contribution in [0.25, 0.3) is 0 Å². The van der Waals surface area contributed by atoms with Crippen molar-refractivity contribution < 1.29 is 5.11 Å². The maximum absolute atomic E-state index is 10.9. The molecule has 0 unspecified atom stereocenters. The van der Waals surface area contributed by atoms with E-state index in [1.165, 1.54) is 56.9 Å². The summed E-state index contributed by atoms with van der Waals surface area (Å²) in [6.07, 6.45) is 14.2. The second-order valence-electron chi connectivity index (χ2n) is 14.3. The maximum Gasteiger partial charge on any atom is 0.0594 e. The molecule has 1 N–H and O–H groups in total. The van der Waals surface area contributed by atoms with Crippen molar-refractivity contribution in [1.82, 2.24) is 0 Å². The highest BCUT2D eigenvalue weighted by Crippen LogP contribution is 2.76. The summed E-state index contributed by atoms with van der Waals surface area (Å²) < 4.78 is 0. The Labute approximate surface area is 192 Å². The topological polar surface area (TPSA) is 20.2 Å². The Hall–Kier alpha value is -0.560. The summed E-state index contributed by atoms with van der Waals surface area (Å²) in [5.74, 6) is 2.79. The monoisotopic (exact) mass is 424 g/mol. The van der Waals surface area contributed by atoms with Crippen LogP contribution in [-0.2, 0) is 0 Å². The molecule has 5 rings (SSSR count). The molecular weight excluding hydrogens is 376 g/mol. The predicted octanol–water partition coefficient (Wildman–Crippen LogP) is 7.94. The first-order valence-electron chi connectivity index (χ1n) is 13.4. The largest absolute Gasteiger partial charge is 0.393 e. The molecular formula is C30H48O. The Morgan fingerprint density at radius 2 is 1.61 bits per heavy atom. The zero-order valence-electron chi connectivity index (χ0n) is 21.5. The van der Waals surface area contributed by atoms with Crippen molar-refractivity contribution in [3.05, 3.63) is 23.8 Å². The summed E-state index contributed by atoms with van der Waals surface area (Å²) in [4.78, 5) is 0. The van der Waals surface area contributed by atoms with Gasteiger partial charge in [0, 0.05) is 0 Å². The van der Waals surface area contributed by atoms with Crippen molar-refractivity contribution >= 4 is 0 Å². The number of aliphatic hydroxyl groups is 1. The molecule has 0 radical (unpaired) electrons. The number of aliphatic hydroxyl groups excluding tert-OH is 1. The number of allylic oxidation sites excluding steroid dienone is 3. The normalized spacial score (nSPS) is 55.4. The van der Waals surface area contributed by atoms with Crippen molar-refractivity contribution in [2.75, 3.05) is 0 Å². The fourth-order valence-corrected chi connectivity index (χ4v) is 10.7.